The van der Waals surface area contributed by atoms with Crippen LogP contribution in [0, 0.1) is 19.8 Å². The van der Waals surface area contributed by atoms with Crippen molar-refractivity contribution in [3.8, 4) is 0 Å². The van der Waals surface area contributed by atoms with Crippen LogP contribution in [0.2, 0.25) is 0 Å². The van der Waals surface area contributed by atoms with Crippen LogP contribution < -0.4 is 5.56 Å². The van der Waals surface area contributed by atoms with Crippen LogP contribution >= 0.6 is 0 Å². The van der Waals surface area contributed by atoms with Crippen LogP contribution in [0.25, 0.3) is 11.2 Å². The molecule has 1 fully saturated rings. The molecule has 0 N–H and O–H groups in total. The van der Waals surface area contributed by atoms with Crippen molar-refractivity contribution in [3.05, 3.63) is 87.0 Å². The second kappa shape index (κ2) is 9.60. The standard InChI is InChI=1S/C26H24F4N6O/c1-14-7-8-33-23(27)21(14)17-5-3-16(4-6-17)18-11-19-24(35-15(2)12-34-19)36(25(18)37)13-20-22(26(28,29)30)32-10-9-31-20/h7-12,16-17H,3-6,13H2,1-2H3. The molecule has 1 saturated carbocycles. The van der Waals surface area contributed by atoms with Gasteiger partial charge in [0.15, 0.2) is 11.3 Å². The zero-order chi connectivity index (χ0) is 26.3. The maximum absolute atomic E-state index is 14.4. The number of alkyl halides is 3. The van der Waals surface area contributed by atoms with Crippen LogP contribution in [0.5, 0.6) is 0 Å². The van der Waals surface area contributed by atoms with Crippen molar-refractivity contribution in [3.63, 3.8) is 0 Å². The molecule has 1 aliphatic rings. The molecule has 0 radical (unpaired) electrons. The number of halogens is 4. The third-order valence-corrected chi connectivity index (χ3v) is 7.03. The van der Waals surface area contributed by atoms with Crippen molar-refractivity contribution in [2.24, 2.45) is 0 Å². The Hall–Kier alpha value is -3.76. The quantitative estimate of drug-likeness (QED) is 0.275. The van der Waals surface area contributed by atoms with Crippen molar-refractivity contribution in [1.82, 2.24) is 29.5 Å². The van der Waals surface area contributed by atoms with Gasteiger partial charge >= 0.3 is 6.18 Å². The van der Waals surface area contributed by atoms with E-state index in [9.17, 15) is 22.4 Å². The third kappa shape index (κ3) is 4.82. The Morgan fingerprint density at radius 1 is 0.973 bits per heavy atom. The van der Waals surface area contributed by atoms with Crippen LogP contribution in [0.1, 0.15) is 71.3 Å². The number of hydrogen-bond acceptors (Lipinski definition) is 6. The predicted molar refractivity (Wildman–Crippen MR) is 128 cm³/mol. The van der Waals surface area contributed by atoms with E-state index >= 15 is 0 Å². The minimum atomic E-state index is -4.72. The van der Waals surface area contributed by atoms with Crippen molar-refractivity contribution >= 4 is 11.2 Å². The summed E-state index contributed by atoms with van der Waals surface area (Å²) in [6.45, 7) is 3.11. The molecule has 1 aliphatic carbocycles. The molecule has 0 saturated heterocycles. The van der Waals surface area contributed by atoms with E-state index in [4.69, 9.17) is 0 Å². The van der Waals surface area contributed by atoms with Gasteiger partial charge in [0.05, 0.1) is 17.9 Å². The Balaban J connectivity index is 1.53. The highest BCUT2D eigenvalue weighted by Gasteiger charge is 2.36. The van der Waals surface area contributed by atoms with Crippen LogP contribution in [-0.4, -0.2) is 29.5 Å². The van der Waals surface area contributed by atoms with Gasteiger partial charge in [0.1, 0.15) is 5.52 Å². The first-order chi connectivity index (χ1) is 17.6. The zero-order valence-corrected chi connectivity index (χ0v) is 20.3. The average molecular weight is 513 g/mol. The number of nitrogens with zero attached hydrogens (tertiary/aromatic N) is 6. The molecule has 0 atom stereocenters. The molecule has 0 aromatic carbocycles. The molecule has 0 aliphatic heterocycles. The molecule has 192 valence electrons. The highest BCUT2D eigenvalue weighted by molar-refractivity contribution is 5.71. The Labute approximate surface area is 209 Å². The van der Waals surface area contributed by atoms with Crippen LogP contribution in [-0.2, 0) is 12.7 Å². The predicted octanol–water partition coefficient (Wildman–Crippen LogP) is 5.24. The Morgan fingerprint density at radius 2 is 1.68 bits per heavy atom. The second-order valence-corrected chi connectivity index (χ2v) is 9.44. The Bertz CT molecular complexity index is 1510. The largest absolute Gasteiger partial charge is 0.435 e. The molecule has 0 unspecified atom stereocenters. The van der Waals surface area contributed by atoms with Gasteiger partial charge < -0.3 is 0 Å². The fourth-order valence-corrected chi connectivity index (χ4v) is 5.26. The summed E-state index contributed by atoms with van der Waals surface area (Å²) >= 11 is 0. The van der Waals surface area contributed by atoms with Gasteiger partial charge in [-0.15, -0.1) is 0 Å². The number of fused-ring (bicyclic) bond motifs is 1. The first-order valence-corrected chi connectivity index (χ1v) is 12.0. The Morgan fingerprint density at radius 3 is 2.38 bits per heavy atom. The maximum Gasteiger partial charge on any atom is 0.435 e. The molecule has 4 aromatic heterocycles. The summed E-state index contributed by atoms with van der Waals surface area (Å²) in [6, 6.07) is 3.47. The van der Waals surface area contributed by atoms with Gasteiger partial charge in [0.25, 0.3) is 5.56 Å². The van der Waals surface area contributed by atoms with E-state index in [-0.39, 0.29) is 23.2 Å². The van der Waals surface area contributed by atoms with Gasteiger partial charge in [-0.1, -0.05) is 0 Å². The van der Waals surface area contributed by atoms with Gasteiger partial charge in [-0.25, -0.2) is 15.0 Å². The zero-order valence-electron chi connectivity index (χ0n) is 20.3. The number of pyridine rings is 2. The fourth-order valence-electron chi connectivity index (χ4n) is 5.26. The van der Waals surface area contributed by atoms with Crippen molar-refractivity contribution in [2.45, 2.75) is 64.1 Å². The highest BCUT2D eigenvalue weighted by atomic mass is 19.4. The molecule has 11 heteroatoms. The Kier molecular flexibility index (Phi) is 6.47. The summed E-state index contributed by atoms with van der Waals surface area (Å²) in [4.78, 5) is 33.7. The fraction of sp³-hybridized carbons (Fsp3) is 0.385. The normalized spacial score (nSPS) is 18.3. The van der Waals surface area contributed by atoms with Gasteiger partial charge in [-0.2, -0.15) is 17.6 Å². The summed E-state index contributed by atoms with van der Waals surface area (Å²) < 4.78 is 56.4. The highest BCUT2D eigenvalue weighted by Crippen LogP contribution is 2.41. The summed E-state index contributed by atoms with van der Waals surface area (Å²) in [5, 5.41) is 0. The van der Waals surface area contributed by atoms with Crippen LogP contribution in [0.3, 0.4) is 0 Å². The summed E-state index contributed by atoms with van der Waals surface area (Å²) in [5.41, 5.74) is 1.10. The molecule has 37 heavy (non-hydrogen) atoms. The molecule has 0 amide bonds. The molecular formula is C26H24F4N6O. The van der Waals surface area contributed by atoms with E-state index in [0.717, 1.165) is 11.8 Å². The molecule has 4 heterocycles. The van der Waals surface area contributed by atoms with Gasteiger partial charge in [0, 0.05) is 35.9 Å². The number of rotatable bonds is 4. The number of aryl methyl sites for hydroxylation is 2. The summed E-state index contributed by atoms with van der Waals surface area (Å²) in [5.74, 6) is -0.623. The molecular weight excluding hydrogens is 488 g/mol. The van der Waals surface area contributed by atoms with E-state index in [1.807, 2.05) is 6.92 Å². The number of aromatic nitrogens is 6. The minimum absolute atomic E-state index is 0.0102. The van der Waals surface area contributed by atoms with Crippen LogP contribution in [0.4, 0.5) is 17.6 Å². The second-order valence-electron chi connectivity index (χ2n) is 9.44. The first kappa shape index (κ1) is 24.9. The smallest absolute Gasteiger partial charge is 0.285 e. The summed E-state index contributed by atoms with van der Waals surface area (Å²) in [7, 11) is 0. The first-order valence-electron chi connectivity index (χ1n) is 12.0. The summed E-state index contributed by atoms with van der Waals surface area (Å²) in [6.07, 6.45) is 2.98. The topological polar surface area (TPSA) is 86.5 Å². The third-order valence-electron chi connectivity index (χ3n) is 7.03. The van der Waals surface area contributed by atoms with Crippen LogP contribution in [0.15, 0.2) is 41.7 Å². The lowest BCUT2D eigenvalue weighted by molar-refractivity contribution is -0.142. The van der Waals surface area contributed by atoms with Gasteiger partial charge in [0.2, 0.25) is 5.95 Å². The van der Waals surface area contributed by atoms with E-state index in [2.05, 4.69) is 24.9 Å². The number of hydrogen-bond donors (Lipinski definition) is 0. The molecule has 5 rings (SSSR count). The van der Waals surface area contributed by atoms with E-state index < -0.39 is 29.9 Å². The van der Waals surface area contributed by atoms with Crippen molar-refractivity contribution in [1.29, 1.82) is 0 Å². The average Bonchev–Trinajstić information content (AvgIpc) is 2.86. The molecule has 0 spiro atoms. The molecule has 7 nitrogen and oxygen atoms in total. The van der Waals surface area contributed by atoms with E-state index in [0.29, 0.717) is 48.0 Å². The van der Waals surface area contributed by atoms with E-state index in [1.54, 1.807) is 25.3 Å². The van der Waals surface area contributed by atoms with Crippen molar-refractivity contribution < 1.29 is 17.6 Å². The molecule has 0 bridgehead atoms. The van der Waals surface area contributed by atoms with Gasteiger partial charge in [-0.05, 0) is 69.1 Å². The SMILES string of the molecule is Cc1cnc2cc(C3CCC(c4c(C)ccnc4F)CC3)c(=O)n(Cc3nccnc3C(F)(F)F)c2n1. The maximum atomic E-state index is 14.4. The molecule has 4 aromatic rings. The minimum Gasteiger partial charge on any atom is -0.285 e. The van der Waals surface area contributed by atoms with Crippen molar-refractivity contribution in [2.75, 3.05) is 0 Å². The van der Waals surface area contributed by atoms with E-state index in [1.165, 1.54) is 17.0 Å². The monoisotopic (exact) mass is 512 g/mol. The lowest BCUT2D eigenvalue weighted by atomic mass is 9.75. The lowest BCUT2D eigenvalue weighted by Gasteiger charge is -2.30. The van der Waals surface area contributed by atoms with Gasteiger partial charge in [-0.3, -0.25) is 19.3 Å². The lowest BCUT2D eigenvalue weighted by Crippen LogP contribution is -2.30.